The molecule has 0 saturated heterocycles. The Morgan fingerprint density at radius 1 is 0.920 bits per heavy atom. The van der Waals surface area contributed by atoms with E-state index in [-0.39, 0.29) is 36.0 Å². The summed E-state index contributed by atoms with van der Waals surface area (Å²) in [6, 6.07) is -1.34. The van der Waals surface area contributed by atoms with Crippen LogP contribution in [-0.2, 0) is 4.79 Å². The summed E-state index contributed by atoms with van der Waals surface area (Å²) in [7, 11) is 0. The molecule has 0 aliphatic carbocycles. The summed E-state index contributed by atoms with van der Waals surface area (Å²) < 4.78 is 0. The molecule has 0 heterocycles. The van der Waals surface area contributed by atoms with Gasteiger partial charge in [-0.05, 0) is 25.7 Å². The number of carbonyl (C=O) groups is 1. The van der Waals surface area contributed by atoms with E-state index in [0.717, 1.165) is 19.3 Å². The van der Waals surface area contributed by atoms with Crippen LogP contribution < -0.4 is 34.7 Å². The van der Waals surface area contributed by atoms with Crippen LogP contribution in [0.1, 0.15) is 97.3 Å². The molecule has 2 atom stereocenters. The quantitative estimate of drug-likeness (QED) is 0.182. The van der Waals surface area contributed by atoms with Gasteiger partial charge in [-0.1, -0.05) is 77.6 Å². The molecule has 2 N–H and O–H groups in total. The molecule has 0 spiro atoms. The number of unbranched alkanes of at least 4 members (excludes halogenated alkanes) is 11. The van der Waals surface area contributed by atoms with Crippen LogP contribution in [0.2, 0.25) is 0 Å². The Labute approximate surface area is 175 Å². The third kappa shape index (κ3) is 17.1. The zero-order valence-electron chi connectivity index (χ0n) is 16.5. The van der Waals surface area contributed by atoms with Crippen LogP contribution >= 0.6 is 0 Å². The first-order valence-electron chi connectivity index (χ1n) is 9.63. The Bertz CT molecular complexity index is 348. The fraction of sp³-hybridized carbons (Fsp3) is 0.895. The van der Waals surface area contributed by atoms with Gasteiger partial charge in [0.1, 0.15) is 0 Å². The molecular weight excluding hydrogens is 329 g/mol. The standard InChI is InChI=1S/C19H37NO4.Na/c1-3-4-5-6-7-8-9-10-11-12-13-14-15-17(22)20-18(16(2)21)19(23)24;/h16,18,21H,3-15H2,1-2H3,(H,20,22)(H,23,24);/q;+1/p-1/t16-,18+;/m1./s1. The maximum absolute atomic E-state index is 11.6. The minimum absolute atomic E-state index is 0. The minimum atomic E-state index is -1.34. The van der Waals surface area contributed by atoms with Crippen LogP contribution in [0.15, 0.2) is 4.99 Å². The Morgan fingerprint density at radius 2 is 1.32 bits per heavy atom. The van der Waals surface area contributed by atoms with E-state index in [2.05, 4.69) is 11.9 Å². The van der Waals surface area contributed by atoms with Gasteiger partial charge in [-0.15, -0.1) is 0 Å². The molecule has 0 bridgehead atoms. The van der Waals surface area contributed by atoms with E-state index >= 15 is 0 Å². The fourth-order valence-corrected chi connectivity index (χ4v) is 2.71. The monoisotopic (exact) mass is 365 g/mol. The Morgan fingerprint density at radius 3 is 1.68 bits per heavy atom. The number of aliphatic carboxylic acids is 1. The second-order valence-electron chi connectivity index (χ2n) is 6.69. The average Bonchev–Trinajstić information content (AvgIpc) is 2.53. The third-order valence-corrected chi connectivity index (χ3v) is 4.24. The van der Waals surface area contributed by atoms with Crippen molar-refractivity contribution in [2.75, 3.05) is 0 Å². The van der Waals surface area contributed by atoms with Crippen molar-refractivity contribution in [2.24, 2.45) is 4.99 Å². The number of hydrogen-bond acceptors (Lipinski definition) is 4. The van der Waals surface area contributed by atoms with Crippen LogP contribution in [0.4, 0.5) is 0 Å². The number of carboxylic acids is 1. The summed E-state index contributed by atoms with van der Waals surface area (Å²) >= 11 is 0. The molecule has 0 saturated carbocycles. The average molecular weight is 365 g/mol. The van der Waals surface area contributed by atoms with Gasteiger partial charge in [0.05, 0.1) is 6.10 Å². The third-order valence-electron chi connectivity index (χ3n) is 4.24. The second kappa shape index (κ2) is 18.7. The van der Waals surface area contributed by atoms with Gasteiger partial charge in [0.15, 0.2) is 6.04 Å². The van der Waals surface area contributed by atoms with Gasteiger partial charge >= 0.3 is 35.5 Å². The van der Waals surface area contributed by atoms with E-state index in [1.54, 1.807) is 0 Å². The molecule has 0 rings (SSSR count). The number of hydrogen-bond donors (Lipinski definition) is 2. The van der Waals surface area contributed by atoms with E-state index in [1.807, 2.05) is 0 Å². The molecule has 0 radical (unpaired) electrons. The predicted molar refractivity (Wildman–Crippen MR) is 96.2 cm³/mol. The van der Waals surface area contributed by atoms with Crippen molar-refractivity contribution < 1.29 is 49.7 Å². The Kier molecular flexibility index (Phi) is 20.3. The van der Waals surface area contributed by atoms with Gasteiger partial charge in [-0.2, -0.15) is 0 Å². The molecule has 0 aliphatic heterocycles. The van der Waals surface area contributed by atoms with E-state index < -0.39 is 24.0 Å². The first-order chi connectivity index (χ1) is 11.5. The van der Waals surface area contributed by atoms with E-state index in [9.17, 15) is 15.0 Å². The van der Waals surface area contributed by atoms with E-state index in [0.29, 0.717) is 0 Å². The van der Waals surface area contributed by atoms with Crippen LogP contribution in [0.3, 0.4) is 0 Å². The van der Waals surface area contributed by atoms with Gasteiger partial charge in [0.2, 0.25) is 0 Å². The molecule has 25 heavy (non-hydrogen) atoms. The molecule has 6 heteroatoms. The SMILES string of the molecule is CCCCCCCCCCCCCCC([O-])=N[C@H](C(=O)O)[C@@H](C)O.[Na+]. The smallest absolute Gasteiger partial charge is 0.862 e. The summed E-state index contributed by atoms with van der Waals surface area (Å²) in [5.74, 6) is -1.68. The molecular formula is C19H36NNaO4. The van der Waals surface area contributed by atoms with Crippen LogP contribution in [-0.4, -0.2) is 34.2 Å². The zero-order valence-corrected chi connectivity index (χ0v) is 18.5. The Balaban J connectivity index is 0. The zero-order chi connectivity index (χ0) is 18.2. The van der Waals surface area contributed by atoms with Crippen LogP contribution in [0.25, 0.3) is 0 Å². The number of aliphatic hydroxyl groups is 1. The normalized spacial score (nSPS) is 14.0. The molecule has 0 aromatic rings. The summed E-state index contributed by atoms with van der Waals surface area (Å²) in [6.45, 7) is 3.57. The second-order valence-corrected chi connectivity index (χ2v) is 6.69. The number of aliphatic imine (C=N–C) groups is 1. The maximum Gasteiger partial charge on any atom is 1.00 e. The van der Waals surface area contributed by atoms with Gasteiger partial charge in [-0.25, -0.2) is 4.79 Å². The maximum atomic E-state index is 11.6. The molecule has 0 aliphatic rings. The summed E-state index contributed by atoms with van der Waals surface area (Å²) in [6.07, 6.45) is 13.8. The van der Waals surface area contributed by atoms with Gasteiger partial charge < -0.3 is 15.3 Å². The van der Waals surface area contributed by atoms with E-state index in [1.165, 1.54) is 64.7 Å². The van der Waals surface area contributed by atoms with Crippen molar-refractivity contribution in [3.8, 4) is 0 Å². The predicted octanol–water partition coefficient (Wildman–Crippen LogP) is 0.674. The molecule has 0 aromatic carbocycles. The summed E-state index contributed by atoms with van der Waals surface area (Å²) in [4.78, 5) is 14.4. The molecule has 0 amide bonds. The van der Waals surface area contributed by atoms with Gasteiger partial charge in [0.25, 0.3) is 0 Å². The minimum Gasteiger partial charge on any atom is -0.862 e. The topological polar surface area (TPSA) is 93.0 Å². The molecule has 0 unspecified atom stereocenters. The number of carboxylic acid groups (broad SMARTS) is 1. The van der Waals surface area contributed by atoms with Crippen LogP contribution in [0.5, 0.6) is 0 Å². The van der Waals surface area contributed by atoms with Crippen molar-refractivity contribution in [1.82, 2.24) is 0 Å². The van der Waals surface area contributed by atoms with E-state index in [4.69, 9.17) is 5.11 Å². The van der Waals surface area contributed by atoms with Crippen molar-refractivity contribution in [2.45, 2.75) is 109 Å². The first-order valence-corrected chi connectivity index (χ1v) is 9.63. The van der Waals surface area contributed by atoms with Crippen molar-refractivity contribution in [1.29, 1.82) is 0 Å². The molecule has 0 aromatic heterocycles. The van der Waals surface area contributed by atoms with Crippen molar-refractivity contribution in [3.05, 3.63) is 0 Å². The molecule has 5 nitrogen and oxygen atoms in total. The largest absolute Gasteiger partial charge is 1.00 e. The molecule has 142 valence electrons. The molecule has 0 fully saturated rings. The first kappa shape index (κ1) is 27.1. The summed E-state index contributed by atoms with van der Waals surface area (Å²) in [5, 5.41) is 29.7. The van der Waals surface area contributed by atoms with Crippen molar-refractivity contribution >= 4 is 11.9 Å². The Hall–Kier alpha value is -0.100. The fourth-order valence-electron chi connectivity index (χ4n) is 2.71. The van der Waals surface area contributed by atoms with Crippen LogP contribution in [0, 0.1) is 0 Å². The van der Waals surface area contributed by atoms with Gasteiger partial charge in [-0.3, -0.25) is 4.99 Å². The van der Waals surface area contributed by atoms with Gasteiger partial charge in [0, 0.05) is 0 Å². The number of rotatable bonds is 16. The number of aliphatic hydroxyl groups excluding tert-OH is 1. The van der Waals surface area contributed by atoms with Crippen molar-refractivity contribution in [3.63, 3.8) is 0 Å². The summed E-state index contributed by atoms with van der Waals surface area (Å²) in [5.41, 5.74) is 0. The number of nitrogens with zero attached hydrogens (tertiary/aromatic N) is 1.